The summed E-state index contributed by atoms with van der Waals surface area (Å²) in [6, 6.07) is 6.47. The average Bonchev–Trinajstić information content (AvgIpc) is 3.33. The molecule has 2 aliphatic rings. The summed E-state index contributed by atoms with van der Waals surface area (Å²) >= 11 is 13.2. The molecule has 47 heavy (non-hydrogen) atoms. The zero-order chi connectivity index (χ0) is 34.1. The lowest BCUT2D eigenvalue weighted by molar-refractivity contribution is -0.130. The van der Waals surface area contributed by atoms with Gasteiger partial charge in [-0.1, -0.05) is 48.5 Å². The van der Waals surface area contributed by atoms with E-state index in [-0.39, 0.29) is 40.2 Å². The molecule has 2 aromatic carbocycles. The molecule has 1 saturated carbocycles. The van der Waals surface area contributed by atoms with Crippen LogP contribution in [0.15, 0.2) is 24.3 Å². The molecule has 14 heteroatoms. The van der Waals surface area contributed by atoms with Crippen LogP contribution in [0.5, 0.6) is 0 Å². The van der Waals surface area contributed by atoms with E-state index in [1.807, 2.05) is 4.90 Å². The first-order chi connectivity index (χ1) is 22.1. The number of halogens is 5. The maximum atomic E-state index is 14.1. The van der Waals surface area contributed by atoms with Crippen molar-refractivity contribution in [1.29, 1.82) is 0 Å². The highest BCUT2D eigenvalue weighted by Crippen LogP contribution is 2.38. The number of nitrogens with one attached hydrogen (secondary N) is 3. The fraction of sp³-hybridized carbons (Fsp3) is 0.545. The van der Waals surface area contributed by atoms with Crippen molar-refractivity contribution in [2.75, 3.05) is 23.3 Å². The highest BCUT2D eigenvalue weighted by molar-refractivity contribution is 6.39. The van der Waals surface area contributed by atoms with Crippen molar-refractivity contribution in [2.24, 2.45) is 0 Å². The predicted octanol–water partition coefficient (Wildman–Crippen LogP) is 7.13. The van der Waals surface area contributed by atoms with Gasteiger partial charge in [0, 0.05) is 25.7 Å². The van der Waals surface area contributed by atoms with E-state index >= 15 is 0 Å². The van der Waals surface area contributed by atoms with Crippen LogP contribution in [0.4, 0.5) is 30.5 Å². The monoisotopic (exact) mass is 696 g/mol. The zero-order valence-electron chi connectivity index (χ0n) is 26.7. The van der Waals surface area contributed by atoms with Crippen molar-refractivity contribution in [2.45, 2.75) is 103 Å². The number of fused-ring (bicyclic) bond motifs is 1. The maximum Gasteiger partial charge on any atom is 0.257 e. The van der Waals surface area contributed by atoms with Gasteiger partial charge in [-0.15, -0.1) is 0 Å². The number of imidazole rings is 1. The molecule has 2 fully saturated rings. The first kappa shape index (κ1) is 35.1. The van der Waals surface area contributed by atoms with Crippen LogP contribution in [0.1, 0.15) is 81.6 Å². The Balaban J connectivity index is 1.55. The Labute approximate surface area is 282 Å². The van der Waals surface area contributed by atoms with E-state index in [9.17, 15) is 27.9 Å². The summed E-state index contributed by atoms with van der Waals surface area (Å²) in [5.41, 5.74) is -0.716. The molecular formula is C33H41Cl2F3N6O3. The van der Waals surface area contributed by atoms with Crippen molar-refractivity contribution in [3.8, 4) is 0 Å². The number of nitrogens with zero attached hydrogens (tertiary/aromatic N) is 3. The number of aliphatic hydroxyl groups is 1. The number of amides is 2. The zero-order valence-corrected chi connectivity index (χ0v) is 28.2. The van der Waals surface area contributed by atoms with E-state index in [0.29, 0.717) is 53.8 Å². The normalized spacial score (nSPS) is 17.3. The van der Waals surface area contributed by atoms with E-state index in [4.69, 9.17) is 23.2 Å². The Kier molecular flexibility index (Phi) is 10.5. The van der Waals surface area contributed by atoms with Crippen LogP contribution in [0.2, 0.25) is 10.0 Å². The molecule has 0 atom stereocenters. The Hall–Kier alpha value is -3.22. The van der Waals surface area contributed by atoms with Gasteiger partial charge in [0.05, 0.1) is 50.2 Å². The van der Waals surface area contributed by atoms with E-state index < -0.39 is 30.1 Å². The largest absolute Gasteiger partial charge is 0.390 e. The number of hydrogen-bond donors (Lipinski definition) is 4. The van der Waals surface area contributed by atoms with Gasteiger partial charge in [0.2, 0.25) is 5.95 Å². The summed E-state index contributed by atoms with van der Waals surface area (Å²) in [4.78, 5) is 32.5. The van der Waals surface area contributed by atoms with Crippen LogP contribution in [0.3, 0.4) is 0 Å². The topological polar surface area (TPSA) is 112 Å². The second kappa shape index (κ2) is 14.1. The van der Waals surface area contributed by atoms with Gasteiger partial charge in [-0.3, -0.25) is 9.59 Å². The summed E-state index contributed by atoms with van der Waals surface area (Å²) < 4.78 is 43.5. The second-order valence-corrected chi connectivity index (χ2v) is 14.0. The minimum absolute atomic E-state index is 0.0209. The molecule has 1 aliphatic heterocycles. The van der Waals surface area contributed by atoms with E-state index in [1.165, 1.54) is 10.6 Å². The quantitative estimate of drug-likeness (QED) is 0.180. The van der Waals surface area contributed by atoms with Crippen molar-refractivity contribution in [3.63, 3.8) is 0 Å². The smallest absolute Gasteiger partial charge is 0.257 e. The molecule has 9 nitrogen and oxygen atoms in total. The fourth-order valence-corrected chi connectivity index (χ4v) is 6.64. The lowest BCUT2D eigenvalue weighted by Crippen LogP contribution is -2.43. The molecule has 3 aromatic rings. The number of alkyl halides is 3. The summed E-state index contributed by atoms with van der Waals surface area (Å²) in [6.45, 7) is 4.19. The van der Waals surface area contributed by atoms with Gasteiger partial charge in [-0.05, 0) is 70.2 Å². The number of hydrogen-bond acceptors (Lipinski definition) is 6. The number of carbonyl (C=O) groups is 2. The molecule has 0 bridgehead atoms. The number of aromatic nitrogens is 2. The molecule has 0 unspecified atom stereocenters. The molecule has 256 valence electrons. The standard InChI is InChI=1S/C33H41Cl2F3N6O3/c1-32(2,38)30(46)39-17-19-9-10-22(34)28(27(19)35)42-31-41-23-15-21(29(45)40-20-7-5-4-6-8-20)24(16-25(23)44(31)18-26(36)37)43-13-11-33(3,47)12-14-43/h9-10,15-16,20,26,47H,4-8,11-14,17-18H2,1-3H3,(H,39,46)(H,40,45)(H,41,42). The molecular weight excluding hydrogens is 656 g/mol. The van der Waals surface area contributed by atoms with E-state index in [0.717, 1.165) is 46.0 Å². The van der Waals surface area contributed by atoms with Crippen molar-refractivity contribution >= 4 is 63.4 Å². The number of benzene rings is 2. The first-order valence-corrected chi connectivity index (χ1v) is 16.7. The number of rotatable bonds is 10. The molecule has 1 aromatic heterocycles. The molecule has 1 saturated heterocycles. The van der Waals surface area contributed by atoms with Crippen LogP contribution in [0.25, 0.3) is 11.0 Å². The maximum absolute atomic E-state index is 14.1. The number of carbonyl (C=O) groups excluding carboxylic acids is 2. The highest BCUT2D eigenvalue weighted by atomic mass is 35.5. The van der Waals surface area contributed by atoms with Crippen LogP contribution < -0.4 is 20.9 Å². The fourth-order valence-electron chi connectivity index (χ4n) is 6.11. The van der Waals surface area contributed by atoms with Crippen molar-refractivity contribution in [1.82, 2.24) is 20.2 Å². The number of piperidine rings is 1. The molecule has 4 N–H and O–H groups in total. The van der Waals surface area contributed by atoms with Gasteiger partial charge in [-0.25, -0.2) is 18.2 Å². The minimum Gasteiger partial charge on any atom is -0.390 e. The third-order valence-corrected chi connectivity index (χ3v) is 9.69. The van der Waals surface area contributed by atoms with Gasteiger partial charge in [0.1, 0.15) is 0 Å². The van der Waals surface area contributed by atoms with Crippen LogP contribution in [-0.2, 0) is 17.9 Å². The predicted molar refractivity (Wildman–Crippen MR) is 179 cm³/mol. The Morgan fingerprint density at radius 2 is 1.81 bits per heavy atom. The van der Waals surface area contributed by atoms with Crippen LogP contribution in [0, 0.1) is 0 Å². The Bertz CT molecular complexity index is 1630. The molecule has 0 spiro atoms. The minimum atomic E-state index is -2.74. The molecule has 2 heterocycles. The van der Waals surface area contributed by atoms with Gasteiger partial charge in [0.15, 0.2) is 5.67 Å². The molecule has 5 rings (SSSR count). The molecule has 1 aliphatic carbocycles. The van der Waals surface area contributed by atoms with E-state index in [1.54, 1.807) is 25.1 Å². The third kappa shape index (κ3) is 8.26. The van der Waals surface area contributed by atoms with Gasteiger partial charge >= 0.3 is 0 Å². The Morgan fingerprint density at radius 1 is 1.13 bits per heavy atom. The van der Waals surface area contributed by atoms with E-state index in [2.05, 4.69) is 20.9 Å². The van der Waals surface area contributed by atoms with Crippen molar-refractivity contribution in [3.05, 3.63) is 45.4 Å². The summed E-state index contributed by atoms with van der Waals surface area (Å²) in [5, 5.41) is 19.5. The van der Waals surface area contributed by atoms with Crippen LogP contribution in [-0.4, -0.2) is 63.3 Å². The SMILES string of the molecule is CC1(O)CCN(c2cc3c(cc2C(=O)NC2CCCCC2)nc(Nc2c(Cl)ccc(CNC(=O)C(C)(C)F)c2Cl)n3CC(F)F)CC1. The third-order valence-electron chi connectivity index (χ3n) is 8.94. The summed E-state index contributed by atoms with van der Waals surface area (Å²) in [7, 11) is 0. The summed E-state index contributed by atoms with van der Waals surface area (Å²) in [5.74, 6) is -1.07. The number of anilines is 3. The first-order valence-electron chi connectivity index (χ1n) is 15.9. The highest BCUT2D eigenvalue weighted by Gasteiger charge is 2.31. The second-order valence-electron chi connectivity index (χ2n) is 13.3. The molecule has 0 radical (unpaired) electrons. The van der Waals surface area contributed by atoms with Gasteiger partial charge < -0.3 is 30.5 Å². The summed E-state index contributed by atoms with van der Waals surface area (Å²) in [6.07, 6.45) is 3.21. The van der Waals surface area contributed by atoms with Gasteiger partial charge in [0.25, 0.3) is 18.2 Å². The Morgan fingerprint density at radius 3 is 2.45 bits per heavy atom. The van der Waals surface area contributed by atoms with Crippen LogP contribution >= 0.6 is 23.2 Å². The van der Waals surface area contributed by atoms with Crippen molar-refractivity contribution < 1.29 is 27.9 Å². The van der Waals surface area contributed by atoms with Gasteiger partial charge in [-0.2, -0.15) is 0 Å². The molecule has 2 amide bonds. The average molecular weight is 698 g/mol. The lowest BCUT2D eigenvalue weighted by atomic mass is 9.92. The lowest BCUT2D eigenvalue weighted by Gasteiger charge is -2.38.